The molecule has 0 atom stereocenters. The van der Waals surface area contributed by atoms with Crippen LogP contribution in [0.3, 0.4) is 0 Å². The van der Waals surface area contributed by atoms with Crippen molar-refractivity contribution < 1.29 is 26.3 Å². The Morgan fingerprint density at radius 3 is 2.26 bits per heavy atom. The van der Waals surface area contributed by atoms with Gasteiger partial charge < -0.3 is 9.64 Å². The molecule has 0 unspecified atom stereocenters. The number of piperazine rings is 1. The smallest absolute Gasteiger partial charge is 0.406 e. The number of hydrogen-bond donors (Lipinski definition) is 0. The van der Waals surface area contributed by atoms with Crippen LogP contribution in [0.15, 0.2) is 41.7 Å². The van der Waals surface area contributed by atoms with E-state index in [0.717, 1.165) is 35.6 Å². The number of ether oxygens (including phenoxy) is 1. The summed E-state index contributed by atoms with van der Waals surface area (Å²) in [7, 11) is -3.80. The molecule has 0 bridgehead atoms. The Labute approximate surface area is 154 Å². The molecule has 1 aromatic carbocycles. The molecule has 0 spiro atoms. The van der Waals surface area contributed by atoms with Crippen LogP contribution in [0, 0.1) is 6.92 Å². The fourth-order valence-corrected chi connectivity index (χ4v) is 4.25. The number of aromatic nitrogens is 2. The van der Waals surface area contributed by atoms with E-state index in [1.807, 2.05) is 11.8 Å². The Hall–Kier alpha value is -2.40. The Morgan fingerprint density at radius 1 is 1.07 bits per heavy atom. The van der Waals surface area contributed by atoms with E-state index in [-0.39, 0.29) is 18.0 Å². The summed E-state index contributed by atoms with van der Waals surface area (Å²) in [6.45, 7) is 3.26. The van der Waals surface area contributed by atoms with Crippen molar-refractivity contribution in [1.29, 1.82) is 0 Å². The van der Waals surface area contributed by atoms with E-state index in [9.17, 15) is 21.6 Å². The third-order valence-corrected chi connectivity index (χ3v) is 6.01. The van der Waals surface area contributed by atoms with Gasteiger partial charge in [0, 0.05) is 37.9 Å². The highest BCUT2D eigenvalue weighted by Crippen LogP contribution is 2.26. The van der Waals surface area contributed by atoms with Crippen molar-refractivity contribution in [3.8, 4) is 5.75 Å². The van der Waals surface area contributed by atoms with Gasteiger partial charge in [0.25, 0.3) is 0 Å². The summed E-state index contributed by atoms with van der Waals surface area (Å²) in [6.07, 6.45) is -1.69. The standard InChI is InChI=1S/C16H17F3N4O3S/c1-12-10-20-11-21-15(12)22-6-8-23(9-7-22)27(24,25)14-4-2-13(3-5-14)26-16(17,18)19/h2-5,10-11H,6-9H2,1H3. The van der Waals surface area contributed by atoms with Crippen molar-refractivity contribution in [2.45, 2.75) is 18.2 Å². The molecule has 1 fully saturated rings. The normalized spacial score (nSPS) is 16.4. The lowest BCUT2D eigenvalue weighted by atomic mass is 10.3. The monoisotopic (exact) mass is 402 g/mol. The van der Waals surface area contributed by atoms with Crippen molar-refractivity contribution in [2.75, 3.05) is 31.1 Å². The van der Waals surface area contributed by atoms with Gasteiger partial charge in [-0.2, -0.15) is 4.31 Å². The molecule has 146 valence electrons. The molecule has 0 radical (unpaired) electrons. The predicted molar refractivity (Wildman–Crippen MR) is 90.9 cm³/mol. The first-order valence-electron chi connectivity index (χ1n) is 8.04. The third-order valence-electron chi connectivity index (χ3n) is 4.10. The number of nitrogens with zero attached hydrogens (tertiary/aromatic N) is 4. The number of rotatable bonds is 4. The molecule has 27 heavy (non-hydrogen) atoms. The second kappa shape index (κ2) is 7.31. The Balaban J connectivity index is 1.69. The van der Waals surface area contributed by atoms with E-state index in [2.05, 4.69) is 14.7 Å². The van der Waals surface area contributed by atoms with Crippen LogP contribution in [-0.2, 0) is 10.0 Å². The van der Waals surface area contributed by atoms with E-state index >= 15 is 0 Å². The van der Waals surface area contributed by atoms with Gasteiger partial charge in [0.1, 0.15) is 17.9 Å². The zero-order chi connectivity index (χ0) is 19.7. The highest BCUT2D eigenvalue weighted by molar-refractivity contribution is 7.89. The Bertz CT molecular complexity index is 896. The molecule has 0 N–H and O–H groups in total. The minimum atomic E-state index is -4.82. The van der Waals surface area contributed by atoms with Crippen molar-refractivity contribution in [3.05, 3.63) is 42.4 Å². The Morgan fingerprint density at radius 2 is 1.70 bits per heavy atom. The largest absolute Gasteiger partial charge is 0.573 e. The van der Waals surface area contributed by atoms with Gasteiger partial charge in [-0.05, 0) is 31.2 Å². The predicted octanol–water partition coefficient (Wildman–Crippen LogP) is 2.19. The highest BCUT2D eigenvalue weighted by atomic mass is 32.2. The molecule has 11 heteroatoms. The molecule has 2 heterocycles. The summed E-state index contributed by atoms with van der Waals surface area (Å²) < 4.78 is 67.1. The molecule has 2 aromatic rings. The lowest BCUT2D eigenvalue weighted by molar-refractivity contribution is -0.274. The van der Waals surface area contributed by atoms with Crippen LogP contribution in [0.4, 0.5) is 19.0 Å². The number of hydrogen-bond acceptors (Lipinski definition) is 6. The topological polar surface area (TPSA) is 75.6 Å². The number of halogens is 3. The van der Waals surface area contributed by atoms with Crippen molar-refractivity contribution in [3.63, 3.8) is 0 Å². The maximum Gasteiger partial charge on any atom is 0.573 e. The molecule has 3 rings (SSSR count). The van der Waals surface area contributed by atoms with Gasteiger partial charge >= 0.3 is 6.36 Å². The molecule has 0 saturated carbocycles. The molecule has 0 aliphatic carbocycles. The minimum absolute atomic E-state index is 0.0799. The molecule has 7 nitrogen and oxygen atoms in total. The summed E-state index contributed by atoms with van der Waals surface area (Å²) in [4.78, 5) is 10.1. The van der Waals surface area contributed by atoms with Gasteiger partial charge in [-0.3, -0.25) is 0 Å². The van der Waals surface area contributed by atoms with Gasteiger partial charge in [0.2, 0.25) is 10.0 Å². The lowest BCUT2D eigenvalue weighted by Gasteiger charge is -2.35. The molecule has 1 aromatic heterocycles. The fourth-order valence-electron chi connectivity index (χ4n) is 2.83. The summed E-state index contributed by atoms with van der Waals surface area (Å²) >= 11 is 0. The van der Waals surface area contributed by atoms with Gasteiger partial charge in [0.15, 0.2) is 0 Å². The fraction of sp³-hybridized carbons (Fsp3) is 0.375. The zero-order valence-electron chi connectivity index (χ0n) is 14.3. The van der Waals surface area contributed by atoms with Crippen LogP contribution in [0.25, 0.3) is 0 Å². The minimum Gasteiger partial charge on any atom is -0.406 e. The second-order valence-corrected chi connectivity index (χ2v) is 7.88. The first kappa shape index (κ1) is 19.4. The maximum absolute atomic E-state index is 12.7. The van der Waals surface area contributed by atoms with E-state index < -0.39 is 22.1 Å². The first-order valence-corrected chi connectivity index (χ1v) is 9.48. The molecule has 1 aliphatic rings. The molecule has 1 saturated heterocycles. The van der Waals surface area contributed by atoms with E-state index in [1.165, 1.54) is 10.6 Å². The maximum atomic E-state index is 12.7. The zero-order valence-corrected chi connectivity index (χ0v) is 15.2. The van der Waals surface area contributed by atoms with Crippen molar-refractivity contribution in [1.82, 2.24) is 14.3 Å². The van der Waals surface area contributed by atoms with Crippen LogP contribution < -0.4 is 9.64 Å². The third kappa shape index (κ3) is 4.48. The van der Waals surface area contributed by atoms with Gasteiger partial charge in [-0.15, -0.1) is 13.2 Å². The average Bonchev–Trinajstić information content (AvgIpc) is 2.61. The summed E-state index contributed by atoms with van der Waals surface area (Å²) in [6, 6.07) is 4.19. The number of anilines is 1. The second-order valence-electron chi connectivity index (χ2n) is 5.94. The highest BCUT2D eigenvalue weighted by Gasteiger charge is 2.32. The van der Waals surface area contributed by atoms with Crippen LogP contribution in [0.5, 0.6) is 5.75 Å². The Kier molecular flexibility index (Phi) is 5.24. The number of aryl methyl sites for hydroxylation is 1. The quantitative estimate of drug-likeness (QED) is 0.781. The van der Waals surface area contributed by atoms with E-state index in [1.54, 1.807) is 6.20 Å². The first-order chi connectivity index (χ1) is 12.7. The average molecular weight is 402 g/mol. The lowest BCUT2D eigenvalue weighted by Crippen LogP contribution is -2.49. The SMILES string of the molecule is Cc1cncnc1N1CCN(S(=O)(=O)c2ccc(OC(F)(F)F)cc2)CC1. The molecular formula is C16H17F3N4O3S. The van der Waals surface area contributed by atoms with Crippen molar-refractivity contribution >= 4 is 15.8 Å². The number of sulfonamides is 1. The summed E-state index contributed by atoms with van der Waals surface area (Å²) in [5.41, 5.74) is 0.897. The van der Waals surface area contributed by atoms with E-state index in [0.29, 0.717) is 13.1 Å². The van der Waals surface area contributed by atoms with Gasteiger partial charge in [-0.1, -0.05) is 0 Å². The summed E-state index contributed by atoms with van der Waals surface area (Å²) in [5.74, 6) is 0.293. The molecular weight excluding hydrogens is 385 g/mol. The van der Waals surface area contributed by atoms with Gasteiger partial charge in [0.05, 0.1) is 4.90 Å². The molecule has 0 amide bonds. The van der Waals surface area contributed by atoms with Crippen LogP contribution >= 0.6 is 0 Å². The van der Waals surface area contributed by atoms with Crippen molar-refractivity contribution in [2.24, 2.45) is 0 Å². The summed E-state index contributed by atoms with van der Waals surface area (Å²) in [5, 5.41) is 0. The van der Waals surface area contributed by atoms with Crippen LogP contribution in [0.1, 0.15) is 5.56 Å². The number of benzene rings is 1. The van der Waals surface area contributed by atoms with Gasteiger partial charge in [-0.25, -0.2) is 18.4 Å². The van der Waals surface area contributed by atoms with Crippen LogP contribution in [-0.4, -0.2) is 55.2 Å². The molecule has 1 aliphatic heterocycles. The van der Waals surface area contributed by atoms with Crippen LogP contribution in [0.2, 0.25) is 0 Å². The number of alkyl halides is 3. The van der Waals surface area contributed by atoms with E-state index in [4.69, 9.17) is 0 Å².